The van der Waals surface area contributed by atoms with E-state index in [1.165, 1.54) is 65.3 Å². The van der Waals surface area contributed by atoms with Gasteiger partial charge in [-0.05, 0) is 121 Å². The molecule has 0 saturated heterocycles. The standard InChI is InChI=1S/C17H15BrF3N3O.2C17H15ClF3N3O.C17H15F4N3O.CH4/c4*1-10-9-24(23-15(10)18)16(2,3)14(25)8-11-5-6-13(22-4)12(7-11)17(19,20)21;/h4*5-7,9H,8H2,1-3H3;1H4. The van der Waals surface area contributed by atoms with Gasteiger partial charge >= 0.3 is 24.7 Å². The third-order valence-corrected chi connectivity index (χ3v) is 17.3. The molecule has 16 nitrogen and oxygen atoms in total. The number of hydrogen-bond acceptors (Lipinski definition) is 8. The zero-order valence-corrected chi connectivity index (χ0v) is 58.2. The highest BCUT2D eigenvalue weighted by atomic mass is 79.9. The van der Waals surface area contributed by atoms with Crippen LogP contribution in [0, 0.1) is 59.9 Å². The summed E-state index contributed by atoms with van der Waals surface area (Å²) in [5, 5.41) is 16.5. The van der Waals surface area contributed by atoms with Crippen LogP contribution in [0.2, 0.25) is 10.3 Å². The van der Waals surface area contributed by atoms with Crippen molar-refractivity contribution in [3.05, 3.63) is 231 Å². The SMILES string of the molecule is C.[C-]#[N+]c1ccc(CC(=O)C(C)(C)n2cc(C)c(Br)n2)cc1C(F)(F)F.[C-]#[N+]c1ccc(CC(=O)C(C)(C)n2cc(C)c(Cl)n2)cc1C(F)(F)F.[C-]#[N+]c1ccc(CC(=O)C(C)(C)n2cc(C)c(Cl)n2)cc1C(F)(F)F.[C-]#[N+]c1ccc(CC(=O)C(C)(C)n2cc(C)c(F)n2)cc1C(F)(F)F. The minimum atomic E-state index is -4.68. The van der Waals surface area contributed by atoms with E-state index in [2.05, 4.69) is 55.7 Å². The molecule has 32 heteroatoms. The predicted molar refractivity (Wildman–Crippen MR) is 355 cm³/mol. The van der Waals surface area contributed by atoms with Gasteiger partial charge in [0, 0.05) is 72.7 Å². The normalized spacial score (nSPS) is 12.0. The third-order valence-electron chi connectivity index (χ3n) is 15.8. The van der Waals surface area contributed by atoms with Gasteiger partial charge in [0.05, 0.1) is 48.5 Å². The predicted octanol–water partition coefficient (Wildman–Crippen LogP) is 20.1. The molecule has 4 aromatic heterocycles. The highest BCUT2D eigenvalue weighted by Gasteiger charge is 2.40. The van der Waals surface area contributed by atoms with Gasteiger partial charge in [-0.15, -0.1) is 5.10 Å². The monoisotopic (exact) mass is 1520 g/mol. The number of benzene rings is 4. The Morgan fingerprint density at radius 3 is 0.792 bits per heavy atom. The van der Waals surface area contributed by atoms with Crippen molar-refractivity contribution in [3.8, 4) is 0 Å². The molecule has 0 atom stereocenters. The van der Waals surface area contributed by atoms with Crippen molar-refractivity contribution >= 4 is 85.0 Å². The molecule has 0 unspecified atom stereocenters. The van der Waals surface area contributed by atoms with E-state index in [-0.39, 0.29) is 88.6 Å². The first-order chi connectivity index (χ1) is 45.9. The molecule has 0 amide bonds. The van der Waals surface area contributed by atoms with E-state index in [1.54, 1.807) is 74.0 Å². The second kappa shape index (κ2) is 32.0. The molecule has 4 aromatic carbocycles. The molecule has 0 N–H and O–H groups in total. The van der Waals surface area contributed by atoms with E-state index in [0.717, 1.165) is 58.8 Å². The van der Waals surface area contributed by atoms with Crippen molar-refractivity contribution in [2.45, 2.75) is 163 Å². The van der Waals surface area contributed by atoms with Gasteiger partial charge in [0.15, 0.2) is 56.2 Å². The molecule has 4 heterocycles. The number of aromatic nitrogens is 8. The van der Waals surface area contributed by atoms with E-state index in [0.29, 0.717) is 15.7 Å². The lowest BCUT2D eigenvalue weighted by atomic mass is 9.93. The number of nitrogens with zero attached hydrogens (tertiary/aromatic N) is 12. The van der Waals surface area contributed by atoms with Crippen LogP contribution in [0.1, 0.15) is 130 Å². The van der Waals surface area contributed by atoms with Crippen LogP contribution in [0.3, 0.4) is 0 Å². The Balaban J connectivity index is 0.000000285. The number of halogens is 16. The fourth-order valence-electron chi connectivity index (χ4n) is 9.09. The number of ketones is 4. The lowest BCUT2D eigenvalue weighted by Crippen LogP contribution is -2.37. The zero-order chi connectivity index (χ0) is 76.0. The first kappa shape index (κ1) is 83.9. The maximum atomic E-state index is 13.4. The molecule has 0 saturated carbocycles. The van der Waals surface area contributed by atoms with E-state index in [1.807, 2.05) is 6.92 Å². The number of carbonyl (C=O) groups excluding carboxylic acids is 4. The molecule has 0 radical (unpaired) electrons. The van der Waals surface area contributed by atoms with Gasteiger partial charge < -0.3 is 0 Å². The van der Waals surface area contributed by atoms with Crippen LogP contribution in [-0.4, -0.2) is 62.3 Å². The molecule has 0 bridgehead atoms. The van der Waals surface area contributed by atoms with Crippen LogP contribution < -0.4 is 0 Å². The van der Waals surface area contributed by atoms with Gasteiger partial charge in [0.2, 0.25) is 5.95 Å². The van der Waals surface area contributed by atoms with Crippen LogP contribution in [-0.2, 0) is 91.7 Å². The molecule has 536 valence electrons. The van der Waals surface area contributed by atoms with Crippen LogP contribution >= 0.6 is 39.1 Å². The molecule has 0 fully saturated rings. The summed E-state index contributed by atoms with van der Waals surface area (Å²) >= 11 is 15.1. The largest absolute Gasteiger partial charge is 0.407 e. The Hall–Kier alpha value is -9.49. The van der Waals surface area contributed by atoms with Crippen LogP contribution in [0.4, 0.5) is 79.8 Å². The topological polar surface area (TPSA) is 157 Å². The zero-order valence-electron chi connectivity index (χ0n) is 55.1. The molecule has 8 aromatic rings. The lowest BCUT2D eigenvalue weighted by Gasteiger charge is -2.24. The Morgan fingerprint density at radius 2 is 0.614 bits per heavy atom. The molecular formula is C69H64BrCl2F13N12O4. The summed E-state index contributed by atoms with van der Waals surface area (Å²) in [6, 6.07) is 13.1. The van der Waals surface area contributed by atoms with E-state index < -0.39 is 104 Å². The van der Waals surface area contributed by atoms with Crippen molar-refractivity contribution in [3.63, 3.8) is 0 Å². The number of rotatable bonds is 16. The summed E-state index contributed by atoms with van der Waals surface area (Å²) in [5.74, 6) is -2.07. The van der Waals surface area contributed by atoms with Crippen molar-refractivity contribution in [2.24, 2.45) is 0 Å². The smallest absolute Gasteiger partial charge is 0.297 e. The average Bonchev–Trinajstić information content (AvgIpc) is 1.78. The Labute approximate surface area is 591 Å². The summed E-state index contributed by atoms with van der Waals surface area (Å²) in [6.45, 7) is 47.0. The minimum Gasteiger partial charge on any atom is -0.297 e. The number of alkyl halides is 12. The van der Waals surface area contributed by atoms with Gasteiger partial charge in [-0.3, -0.25) is 37.9 Å². The fourth-order valence-corrected chi connectivity index (χ4v) is 9.62. The van der Waals surface area contributed by atoms with Crippen molar-refractivity contribution < 1.29 is 76.3 Å². The third kappa shape index (κ3) is 20.4. The van der Waals surface area contributed by atoms with Gasteiger partial charge in [0.1, 0.15) is 26.8 Å². The summed E-state index contributed by atoms with van der Waals surface area (Å²) in [7, 11) is 0. The molecule has 0 aliphatic rings. The van der Waals surface area contributed by atoms with Crippen molar-refractivity contribution in [1.29, 1.82) is 0 Å². The molecule has 0 spiro atoms. The van der Waals surface area contributed by atoms with E-state index in [9.17, 15) is 76.3 Å². The van der Waals surface area contributed by atoms with E-state index >= 15 is 0 Å². The molecule has 101 heavy (non-hydrogen) atoms. The number of aryl methyl sites for hydroxylation is 4. The quantitative estimate of drug-likeness (QED) is 0.0683. The van der Waals surface area contributed by atoms with Crippen molar-refractivity contribution in [2.75, 3.05) is 0 Å². The number of carbonyl (C=O) groups is 4. The summed E-state index contributed by atoms with van der Waals surface area (Å²) < 4.78 is 176. The van der Waals surface area contributed by atoms with Crippen molar-refractivity contribution in [1.82, 2.24) is 39.1 Å². The first-order valence-electron chi connectivity index (χ1n) is 29.2. The Bertz CT molecular complexity index is 3950. The molecule has 0 aliphatic heterocycles. The summed E-state index contributed by atoms with van der Waals surface area (Å²) in [5.41, 5.74) is -7.33. The summed E-state index contributed by atoms with van der Waals surface area (Å²) in [6.07, 6.45) is -13.2. The minimum absolute atomic E-state index is 0. The second-order valence-electron chi connectivity index (χ2n) is 24.7. The maximum Gasteiger partial charge on any atom is 0.407 e. The van der Waals surface area contributed by atoms with Gasteiger partial charge in [-0.25, -0.2) is 19.4 Å². The molecular weight excluding hydrogens is 1460 g/mol. The second-order valence-corrected chi connectivity index (χ2v) is 26.1. The lowest BCUT2D eigenvalue weighted by molar-refractivity contribution is -0.137. The molecule has 0 aliphatic carbocycles. The van der Waals surface area contributed by atoms with Gasteiger partial charge in [-0.2, -0.15) is 72.4 Å². The number of Topliss-reactive ketones (excluding diaryl/α,β-unsaturated/α-hetero) is 4. The van der Waals surface area contributed by atoms with Crippen LogP contribution in [0.25, 0.3) is 19.4 Å². The van der Waals surface area contributed by atoms with Gasteiger partial charge in [0.25, 0.3) is 0 Å². The Kier molecular flexibility index (Phi) is 26.6. The Morgan fingerprint density at radius 1 is 0.396 bits per heavy atom. The molecule has 8 rings (SSSR count). The first-order valence-corrected chi connectivity index (χ1v) is 30.7. The van der Waals surface area contributed by atoms with E-state index in [4.69, 9.17) is 49.5 Å². The highest BCUT2D eigenvalue weighted by molar-refractivity contribution is 9.10. The fraction of sp³-hybridized carbons (Fsp3) is 0.362. The summed E-state index contributed by atoms with van der Waals surface area (Å²) in [4.78, 5) is 62.0. The van der Waals surface area contributed by atoms with Crippen LogP contribution in [0.15, 0.2) is 102 Å². The van der Waals surface area contributed by atoms with Gasteiger partial charge in [-0.1, -0.05) is 103 Å². The number of hydrogen-bond donors (Lipinski definition) is 0. The average molecular weight is 1520 g/mol. The van der Waals surface area contributed by atoms with Crippen LogP contribution in [0.5, 0.6) is 0 Å². The maximum absolute atomic E-state index is 13.4. The highest BCUT2D eigenvalue weighted by Crippen LogP contribution is 2.42.